The Kier molecular flexibility index (Phi) is 4.26. The third-order valence-corrected chi connectivity index (χ3v) is 3.47. The number of aromatic nitrogens is 1. The summed E-state index contributed by atoms with van der Waals surface area (Å²) in [6.07, 6.45) is 2.41. The first-order chi connectivity index (χ1) is 10.0. The second-order valence-corrected chi connectivity index (χ2v) is 4.70. The Bertz CT molecular complexity index is 674. The van der Waals surface area contributed by atoms with Crippen molar-refractivity contribution >= 4 is 16.9 Å². The van der Waals surface area contributed by atoms with E-state index in [4.69, 9.17) is 19.3 Å². The van der Waals surface area contributed by atoms with Crippen LogP contribution < -0.4 is 14.2 Å². The Hall–Kier alpha value is -2.37. The van der Waals surface area contributed by atoms with Gasteiger partial charge in [-0.1, -0.05) is 0 Å². The van der Waals surface area contributed by atoms with Crippen molar-refractivity contribution in [2.45, 2.75) is 12.8 Å². The summed E-state index contributed by atoms with van der Waals surface area (Å²) in [5, 5.41) is 9.74. The monoisotopic (exact) mass is 293 g/mol. The normalized spacial score (nSPS) is 10.7. The molecule has 21 heavy (non-hydrogen) atoms. The highest BCUT2D eigenvalue weighted by Gasteiger charge is 2.21. The number of ether oxygens (including phenoxy) is 3. The molecule has 0 saturated carbocycles. The average Bonchev–Trinajstić information content (AvgIpc) is 2.79. The molecule has 1 aromatic carbocycles. The van der Waals surface area contributed by atoms with Gasteiger partial charge in [-0.15, -0.1) is 0 Å². The molecule has 1 heterocycles. The van der Waals surface area contributed by atoms with Gasteiger partial charge in [0.2, 0.25) is 5.75 Å². The van der Waals surface area contributed by atoms with E-state index in [2.05, 4.69) is 0 Å². The molecule has 0 spiro atoms. The van der Waals surface area contributed by atoms with E-state index in [0.717, 1.165) is 16.5 Å². The van der Waals surface area contributed by atoms with E-state index in [-0.39, 0.29) is 6.42 Å². The lowest BCUT2D eigenvalue weighted by molar-refractivity contribution is -0.136. The fraction of sp³-hybridized carbons (Fsp3) is 0.400. The van der Waals surface area contributed by atoms with Crippen molar-refractivity contribution in [1.82, 2.24) is 4.57 Å². The predicted octanol–water partition coefficient (Wildman–Crippen LogP) is 2.22. The molecule has 0 bridgehead atoms. The molecule has 0 aliphatic heterocycles. The van der Waals surface area contributed by atoms with E-state index >= 15 is 0 Å². The predicted molar refractivity (Wildman–Crippen MR) is 78.5 cm³/mol. The van der Waals surface area contributed by atoms with Gasteiger partial charge >= 0.3 is 5.97 Å². The topological polar surface area (TPSA) is 69.9 Å². The van der Waals surface area contributed by atoms with E-state index in [1.54, 1.807) is 21.3 Å². The summed E-state index contributed by atoms with van der Waals surface area (Å²) >= 11 is 0. The Morgan fingerprint density at radius 3 is 2.38 bits per heavy atom. The fourth-order valence-corrected chi connectivity index (χ4v) is 2.53. The number of methoxy groups -OCH3 is 3. The van der Waals surface area contributed by atoms with Gasteiger partial charge < -0.3 is 23.9 Å². The summed E-state index contributed by atoms with van der Waals surface area (Å²) < 4.78 is 18.1. The van der Waals surface area contributed by atoms with Crippen LogP contribution in [0.2, 0.25) is 0 Å². The smallest absolute Gasteiger partial charge is 0.303 e. The minimum atomic E-state index is -0.827. The second-order valence-electron chi connectivity index (χ2n) is 4.70. The Morgan fingerprint density at radius 1 is 1.19 bits per heavy atom. The van der Waals surface area contributed by atoms with E-state index in [9.17, 15) is 4.79 Å². The number of hydrogen-bond acceptors (Lipinski definition) is 4. The molecule has 0 unspecified atom stereocenters. The quantitative estimate of drug-likeness (QED) is 0.884. The zero-order valence-electron chi connectivity index (χ0n) is 12.6. The van der Waals surface area contributed by atoms with E-state index in [0.29, 0.717) is 23.7 Å². The first-order valence-corrected chi connectivity index (χ1v) is 6.52. The number of hydrogen-bond donors (Lipinski definition) is 1. The number of carboxylic acid groups (broad SMARTS) is 1. The lowest BCUT2D eigenvalue weighted by Crippen LogP contribution is -1.99. The number of aryl methyl sites for hydroxylation is 2. The van der Waals surface area contributed by atoms with Crippen LogP contribution in [0.25, 0.3) is 10.9 Å². The summed E-state index contributed by atoms with van der Waals surface area (Å²) in [7, 11) is 6.58. The molecule has 2 rings (SSSR count). The number of carboxylic acids is 1. The van der Waals surface area contributed by atoms with Gasteiger partial charge in [0.05, 0.1) is 26.8 Å². The maximum atomic E-state index is 10.8. The summed E-state index contributed by atoms with van der Waals surface area (Å²) in [4.78, 5) is 10.8. The highest BCUT2D eigenvalue weighted by molar-refractivity contribution is 5.94. The zero-order valence-corrected chi connectivity index (χ0v) is 12.6. The molecule has 0 amide bonds. The highest BCUT2D eigenvalue weighted by Crippen LogP contribution is 2.45. The number of aliphatic carboxylic acids is 1. The van der Waals surface area contributed by atoms with Gasteiger partial charge in [0.25, 0.3) is 0 Å². The van der Waals surface area contributed by atoms with E-state index < -0.39 is 5.97 Å². The lowest BCUT2D eigenvalue weighted by atomic mass is 10.1. The average molecular weight is 293 g/mol. The molecule has 0 radical (unpaired) electrons. The van der Waals surface area contributed by atoms with Crippen LogP contribution in [0.1, 0.15) is 12.0 Å². The first kappa shape index (κ1) is 15.0. The molecule has 0 aliphatic rings. The molecule has 1 N–H and O–H groups in total. The van der Waals surface area contributed by atoms with Crippen LogP contribution in [0.15, 0.2) is 12.3 Å². The van der Waals surface area contributed by atoms with Crippen LogP contribution in [-0.4, -0.2) is 37.0 Å². The molecule has 1 aromatic heterocycles. The second kappa shape index (κ2) is 5.95. The molecule has 0 fully saturated rings. The molecule has 114 valence electrons. The maximum absolute atomic E-state index is 10.8. The number of rotatable bonds is 6. The molecule has 0 atom stereocenters. The number of nitrogens with zero attached hydrogens (tertiary/aromatic N) is 1. The third-order valence-electron chi connectivity index (χ3n) is 3.47. The number of benzene rings is 1. The van der Waals surface area contributed by atoms with Gasteiger partial charge in [0.15, 0.2) is 11.5 Å². The van der Waals surface area contributed by atoms with E-state index in [1.165, 1.54) is 0 Å². The summed E-state index contributed by atoms with van der Waals surface area (Å²) in [5.74, 6) is 0.822. The molecular formula is C15H19NO5. The van der Waals surface area contributed by atoms with Crippen molar-refractivity contribution in [3.8, 4) is 17.2 Å². The van der Waals surface area contributed by atoms with Gasteiger partial charge in [-0.05, 0) is 12.0 Å². The van der Waals surface area contributed by atoms with Crippen LogP contribution in [-0.2, 0) is 18.3 Å². The minimum Gasteiger partial charge on any atom is -0.493 e. The van der Waals surface area contributed by atoms with Crippen LogP contribution in [0, 0.1) is 0 Å². The first-order valence-electron chi connectivity index (χ1n) is 6.52. The Labute approximate surface area is 122 Å². The van der Waals surface area contributed by atoms with Gasteiger partial charge in [-0.3, -0.25) is 4.79 Å². The van der Waals surface area contributed by atoms with Crippen molar-refractivity contribution in [3.05, 3.63) is 17.8 Å². The van der Waals surface area contributed by atoms with Crippen LogP contribution in [0.3, 0.4) is 0 Å². The molecule has 6 nitrogen and oxygen atoms in total. The Morgan fingerprint density at radius 2 is 1.86 bits per heavy atom. The molecule has 6 heteroatoms. The molecular weight excluding hydrogens is 274 g/mol. The van der Waals surface area contributed by atoms with Crippen LogP contribution in [0.5, 0.6) is 17.2 Å². The van der Waals surface area contributed by atoms with E-state index in [1.807, 2.05) is 23.9 Å². The summed E-state index contributed by atoms with van der Waals surface area (Å²) in [5.41, 5.74) is 1.82. The van der Waals surface area contributed by atoms with Gasteiger partial charge in [0.1, 0.15) is 0 Å². The van der Waals surface area contributed by atoms with Gasteiger partial charge in [0, 0.05) is 31.1 Å². The van der Waals surface area contributed by atoms with Crippen molar-refractivity contribution in [1.29, 1.82) is 0 Å². The molecule has 0 saturated heterocycles. The van der Waals surface area contributed by atoms with Gasteiger partial charge in [-0.25, -0.2) is 0 Å². The van der Waals surface area contributed by atoms with Gasteiger partial charge in [-0.2, -0.15) is 0 Å². The minimum absolute atomic E-state index is 0.0661. The zero-order chi connectivity index (χ0) is 15.6. The largest absolute Gasteiger partial charge is 0.493 e. The Balaban J connectivity index is 2.70. The number of carbonyl (C=O) groups is 1. The summed E-state index contributed by atoms with van der Waals surface area (Å²) in [6, 6.07) is 1.86. The van der Waals surface area contributed by atoms with Crippen molar-refractivity contribution < 1.29 is 24.1 Å². The summed E-state index contributed by atoms with van der Waals surface area (Å²) in [6.45, 7) is 0. The van der Waals surface area contributed by atoms with Crippen molar-refractivity contribution in [2.75, 3.05) is 21.3 Å². The molecule has 0 aliphatic carbocycles. The number of fused-ring (bicyclic) bond motifs is 1. The lowest BCUT2D eigenvalue weighted by Gasteiger charge is -2.14. The van der Waals surface area contributed by atoms with Crippen molar-refractivity contribution in [2.24, 2.45) is 7.05 Å². The third kappa shape index (κ3) is 2.61. The van der Waals surface area contributed by atoms with Crippen LogP contribution in [0.4, 0.5) is 0 Å². The fourth-order valence-electron chi connectivity index (χ4n) is 2.53. The highest BCUT2D eigenvalue weighted by atomic mass is 16.5. The standard InChI is InChI=1S/C15H19NO5/c1-16-8-9(5-6-12(17)18)13-10(16)7-11(19-2)14(20-3)15(13)21-4/h7-8H,5-6H2,1-4H3,(H,17,18). The van der Waals surface area contributed by atoms with Crippen molar-refractivity contribution in [3.63, 3.8) is 0 Å². The molecule has 2 aromatic rings. The van der Waals surface area contributed by atoms with Crippen LogP contribution >= 0.6 is 0 Å². The SMILES string of the molecule is COc1cc2c(c(CCC(=O)O)cn2C)c(OC)c1OC. The maximum Gasteiger partial charge on any atom is 0.303 e.